The molecule has 2 aromatic carbocycles. The maximum absolute atomic E-state index is 12.5. The molecule has 152 valence electrons. The van der Waals surface area contributed by atoms with E-state index in [-0.39, 0.29) is 6.09 Å². The molecule has 0 atom stereocenters. The lowest BCUT2D eigenvalue weighted by molar-refractivity contribution is 0.0233. The first-order chi connectivity index (χ1) is 13.3. The topological polar surface area (TPSA) is 29.5 Å². The van der Waals surface area contributed by atoms with Crippen molar-refractivity contribution < 1.29 is 9.53 Å². The second-order valence-corrected chi connectivity index (χ2v) is 8.40. The Kier molecular flexibility index (Phi) is 8.10. The van der Waals surface area contributed by atoms with E-state index in [1.54, 1.807) is 4.90 Å². The van der Waals surface area contributed by atoms with Crippen LogP contribution in [0, 0.1) is 0 Å². The van der Waals surface area contributed by atoms with E-state index < -0.39 is 5.60 Å². The molecule has 0 N–H and O–H groups in total. The summed E-state index contributed by atoms with van der Waals surface area (Å²) >= 11 is 0. The van der Waals surface area contributed by atoms with Crippen LogP contribution >= 0.6 is 0 Å². The van der Waals surface area contributed by atoms with Gasteiger partial charge in [0.15, 0.2) is 0 Å². The van der Waals surface area contributed by atoms with Gasteiger partial charge < -0.3 is 9.64 Å². The number of benzene rings is 2. The number of hydrogen-bond acceptors (Lipinski definition) is 2. The van der Waals surface area contributed by atoms with E-state index in [1.165, 1.54) is 29.5 Å². The molecule has 28 heavy (non-hydrogen) atoms. The number of rotatable bonds is 8. The van der Waals surface area contributed by atoms with Gasteiger partial charge in [-0.1, -0.05) is 68.8 Å². The molecule has 0 aliphatic rings. The number of carbonyl (C=O) groups excluding carboxylic acids is 1. The molecular weight excluding hydrogens is 346 g/mol. The van der Waals surface area contributed by atoms with Crippen molar-refractivity contribution in [2.75, 3.05) is 6.54 Å². The Morgan fingerprint density at radius 1 is 0.857 bits per heavy atom. The van der Waals surface area contributed by atoms with Crippen LogP contribution in [0.2, 0.25) is 0 Å². The van der Waals surface area contributed by atoms with Gasteiger partial charge in [-0.2, -0.15) is 0 Å². The quantitative estimate of drug-likeness (QED) is 0.501. The Bertz CT molecular complexity index is 727. The number of carbonyl (C=O) groups is 1. The SMILES string of the molecule is CCCCc1ccc(-c2ccc(CN(CCC)C(=O)OC(C)(C)C)cc2)cc1. The van der Waals surface area contributed by atoms with E-state index in [0.29, 0.717) is 13.1 Å². The number of nitrogens with zero attached hydrogens (tertiary/aromatic N) is 1. The maximum atomic E-state index is 12.5. The molecule has 3 heteroatoms. The third-order valence-electron chi connectivity index (χ3n) is 4.58. The summed E-state index contributed by atoms with van der Waals surface area (Å²) in [6.45, 7) is 11.3. The maximum Gasteiger partial charge on any atom is 0.410 e. The smallest absolute Gasteiger partial charge is 0.410 e. The van der Waals surface area contributed by atoms with Gasteiger partial charge in [-0.15, -0.1) is 0 Å². The molecule has 0 aliphatic carbocycles. The van der Waals surface area contributed by atoms with Crippen LogP contribution in [0.5, 0.6) is 0 Å². The lowest BCUT2D eigenvalue weighted by Crippen LogP contribution is -2.36. The van der Waals surface area contributed by atoms with Crippen molar-refractivity contribution in [1.82, 2.24) is 4.90 Å². The summed E-state index contributed by atoms with van der Waals surface area (Å²) in [7, 11) is 0. The highest BCUT2D eigenvalue weighted by Crippen LogP contribution is 2.22. The van der Waals surface area contributed by atoms with Crippen LogP contribution in [0.4, 0.5) is 4.79 Å². The highest BCUT2D eigenvalue weighted by molar-refractivity contribution is 5.68. The van der Waals surface area contributed by atoms with Crippen molar-refractivity contribution in [2.24, 2.45) is 0 Å². The van der Waals surface area contributed by atoms with Gasteiger partial charge in [-0.05, 0) is 62.3 Å². The largest absolute Gasteiger partial charge is 0.444 e. The molecule has 1 amide bonds. The van der Waals surface area contributed by atoms with Crippen molar-refractivity contribution in [3.05, 3.63) is 59.7 Å². The fourth-order valence-corrected chi connectivity index (χ4v) is 3.10. The molecule has 0 radical (unpaired) electrons. The van der Waals surface area contributed by atoms with E-state index in [0.717, 1.165) is 18.4 Å². The number of ether oxygens (including phenoxy) is 1. The predicted octanol–water partition coefficient (Wildman–Crippen LogP) is 6.84. The third kappa shape index (κ3) is 7.03. The fraction of sp³-hybridized carbons (Fsp3) is 0.480. The summed E-state index contributed by atoms with van der Waals surface area (Å²) in [6, 6.07) is 17.3. The normalized spacial score (nSPS) is 11.3. The second kappa shape index (κ2) is 10.3. The lowest BCUT2D eigenvalue weighted by Gasteiger charge is -2.27. The van der Waals surface area contributed by atoms with Gasteiger partial charge >= 0.3 is 6.09 Å². The predicted molar refractivity (Wildman–Crippen MR) is 117 cm³/mol. The van der Waals surface area contributed by atoms with Crippen molar-refractivity contribution >= 4 is 6.09 Å². The Labute approximate surface area is 170 Å². The van der Waals surface area contributed by atoms with E-state index in [1.807, 2.05) is 20.8 Å². The molecule has 2 aromatic rings. The van der Waals surface area contributed by atoms with E-state index >= 15 is 0 Å². The average Bonchev–Trinajstić information content (AvgIpc) is 2.66. The number of aryl methyl sites for hydroxylation is 1. The molecule has 0 fully saturated rings. The molecular formula is C25H35NO2. The molecule has 0 aliphatic heterocycles. The Hall–Kier alpha value is -2.29. The lowest BCUT2D eigenvalue weighted by atomic mass is 10.0. The van der Waals surface area contributed by atoms with Crippen molar-refractivity contribution in [3.63, 3.8) is 0 Å². The van der Waals surface area contributed by atoms with Crippen LogP contribution in [0.3, 0.4) is 0 Å². The molecule has 0 heterocycles. The summed E-state index contributed by atoms with van der Waals surface area (Å²) in [5.41, 5.74) is 4.46. The summed E-state index contributed by atoms with van der Waals surface area (Å²) in [6.07, 6.45) is 4.26. The summed E-state index contributed by atoms with van der Waals surface area (Å²) in [5.74, 6) is 0. The molecule has 0 bridgehead atoms. The first-order valence-corrected chi connectivity index (χ1v) is 10.5. The third-order valence-corrected chi connectivity index (χ3v) is 4.58. The molecule has 3 nitrogen and oxygen atoms in total. The van der Waals surface area contributed by atoms with Gasteiger partial charge in [0.05, 0.1) is 0 Å². The number of amides is 1. The van der Waals surface area contributed by atoms with Gasteiger partial charge in [-0.25, -0.2) is 4.79 Å². The van der Waals surface area contributed by atoms with Crippen LogP contribution in [-0.4, -0.2) is 23.1 Å². The molecule has 0 unspecified atom stereocenters. The Morgan fingerprint density at radius 2 is 1.39 bits per heavy atom. The van der Waals surface area contributed by atoms with Crippen LogP contribution in [0.25, 0.3) is 11.1 Å². The number of hydrogen-bond donors (Lipinski definition) is 0. The zero-order chi connectivity index (χ0) is 20.6. The standard InChI is InChI=1S/C25H35NO2/c1-6-8-9-20-10-14-22(15-11-20)23-16-12-21(13-17-23)19-26(18-7-2)24(27)28-25(3,4)5/h10-17H,6-9,18-19H2,1-5H3. The fourth-order valence-electron chi connectivity index (χ4n) is 3.10. The Morgan fingerprint density at radius 3 is 1.86 bits per heavy atom. The van der Waals surface area contributed by atoms with Gasteiger partial charge in [0, 0.05) is 13.1 Å². The zero-order valence-electron chi connectivity index (χ0n) is 18.1. The average molecular weight is 382 g/mol. The summed E-state index contributed by atoms with van der Waals surface area (Å²) in [5, 5.41) is 0. The van der Waals surface area contributed by atoms with Crippen LogP contribution in [0.1, 0.15) is 65.0 Å². The minimum absolute atomic E-state index is 0.249. The highest BCUT2D eigenvalue weighted by atomic mass is 16.6. The molecule has 0 saturated carbocycles. The zero-order valence-corrected chi connectivity index (χ0v) is 18.1. The van der Waals surface area contributed by atoms with Crippen molar-refractivity contribution in [2.45, 2.75) is 72.4 Å². The minimum atomic E-state index is -0.476. The second-order valence-electron chi connectivity index (χ2n) is 8.40. The van der Waals surface area contributed by atoms with E-state index in [9.17, 15) is 4.79 Å². The summed E-state index contributed by atoms with van der Waals surface area (Å²) in [4.78, 5) is 14.2. The van der Waals surface area contributed by atoms with Gasteiger partial charge in [0.2, 0.25) is 0 Å². The van der Waals surface area contributed by atoms with E-state index in [2.05, 4.69) is 62.4 Å². The Balaban J connectivity index is 2.04. The molecule has 0 spiro atoms. The molecule has 0 saturated heterocycles. The minimum Gasteiger partial charge on any atom is -0.444 e. The van der Waals surface area contributed by atoms with E-state index in [4.69, 9.17) is 4.74 Å². The highest BCUT2D eigenvalue weighted by Gasteiger charge is 2.21. The first-order valence-electron chi connectivity index (χ1n) is 10.5. The van der Waals surface area contributed by atoms with Gasteiger partial charge in [0.25, 0.3) is 0 Å². The van der Waals surface area contributed by atoms with Crippen LogP contribution in [0.15, 0.2) is 48.5 Å². The summed E-state index contributed by atoms with van der Waals surface area (Å²) < 4.78 is 5.54. The monoisotopic (exact) mass is 381 g/mol. The van der Waals surface area contributed by atoms with Crippen molar-refractivity contribution in [3.8, 4) is 11.1 Å². The van der Waals surface area contributed by atoms with Crippen LogP contribution in [-0.2, 0) is 17.7 Å². The van der Waals surface area contributed by atoms with Gasteiger partial charge in [0.1, 0.15) is 5.60 Å². The molecule has 0 aromatic heterocycles. The van der Waals surface area contributed by atoms with Gasteiger partial charge in [-0.3, -0.25) is 0 Å². The van der Waals surface area contributed by atoms with Crippen molar-refractivity contribution in [1.29, 1.82) is 0 Å². The molecule has 2 rings (SSSR count). The first kappa shape index (κ1) is 22.0. The van der Waals surface area contributed by atoms with Crippen LogP contribution < -0.4 is 0 Å². The number of unbranched alkanes of at least 4 members (excludes halogenated alkanes) is 1.